The Kier molecular flexibility index (Phi) is 11.1. The number of carbonyl (C=O) groups excluding carboxylic acids is 3. The van der Waals surface area contributed by atoms with Gasteiger partial charge in [0.15, 0.2) is 5.82 Å². The molecule has 2 unspecified atom stereocenters. The van der Waals surface area contributed by atoms with E-state index in [9.17, 15) is 19.5 Å². The fourth-order valence-electron chi connectivity index (χ4n) is 10.6. The Morgan fingerprint density at radius 1 is 0.841 bits per heavy atom. The maximum absolute atomic E-state index is 13.4. The Hall–Kier alpha value is -6.26. The van der Waals surface area contributed by atoms with Crippen molar-refractivity contribution < 1.29 is 19.5 Å². The molecule has 10 rings (SSSR count). The van der Waals surface area contributed by atoms with Crippen LogP contribution in [0.4, 0.5) is 27.7 Å². The highest BCUT2D eigenvalue weighted by atomic mass is 16.3. The van der Waals surface area contributed by atoms with Crippen molar-refractivity contribution in [3.63, 3.8) is 0 Å². The number of phenols is 1. The van der Waals surface area contributed by atoms with Gasteiger partial charge in [-0.3, -0.25) is 24.7 Å². The number of nitrogens with one attached hydrogen (secondary N) is 1. The van der Waals surface area contributed by atoms with Gasteiger partial charge in [-0.05, 0) is 80.1 Å². The molecule has 0 radical (unpaired) electrons. The average Bonchev–Trinajstić information content (AvgIpc) is 3.77. The molecule has 0 spiro atoms. The van der Waals surface area contributed by atoms with E-state index in [1.165, 1.54) is 11.3 Å². The molecular formula is C47H56N12O4. The van der Waals surface area contributed by atoms with Crippen LogP contribution < -0.4 is 25.8 Å². The number of amides is 4. The molecule has 2 bridgehead atoms. The standard InChI is InChI=1S/C47H56N12O4/c1-31-27-58(46-39(31)24-37(26-49-46)57-18-13-43(61)50-47(57)63)33-11-15-53(16-12-33)17-14-44(62)55-21-19-54(20-22-55)28-32-5-4-6-34(23-32)59-35-9-10-36(59)30-56(29-35)41-25-40(51-52-45(41)48)38-7-2-3-8-42(38)60/h2-8,23-27,33,35-36,60H,9-22,28-30H2,1H3,(H2,48,52)(H,50,61,63). The Balaban J connectivity index is 0.684. The number of hydrogen-bond donors (Lipinski definition) is 3. The van der Waals surface area contributed by atoms with Crippen molar-refractivity contribution in [2.24, 2.45) is 0 Å². The minimum absolute atomic E-state index is 0.171. The van der Waals surface area contributed by atoms with Gasteiger partial charge in [-0.15, -0.1) is 10.2 Å². The minimum atomic E-state index is -0.403. The number of fused-ring (bicyclic) bond motifs is 3. The second-order valence-electron chi connectivity index (χ2n) is 17.9. The highest BCUT2D eigenvalue weighted by Gasteiger charge is 2.41. The van der Waals surface area contributed by atoms with Gasteiger partial charge in [0.25, 0.3) is 0 Å². The molecule has 2 atom stereocenters. The van der Waals surface area contributed by atoms with E-state index >= 15 is 0 Å². The van der Waals surface area contributed by atoms with Crippen LogP contribution in [0.3, 0.4) is 0 Å². The molecule has 2 aromatic carbocycles. The Morgan fingerprint density at radius 2 is 1.62 bits per heavy atom. The molecule has 5 aromatic rings. The number of phenolic OH excluding ortho intramolecular Hbond substituents is 1. The van der Waals surface area contributed by atoms with Gasteiger partial charge in [0.2, 0.25) is 11.8 Å². The molecule has 5 saturated heterocycles. The predicted octanol–water partition coefficient (Wildman–Crippen LogP) is 4.76. The van der Waals surface area contributed by atoms with Gasteiger partial charge in [-0.1, -0.05) is 24.3 Å². The summed E-state index contributed by atoms with van der Waals surface area (Å²) in [7, 11) is 0. The highest BCUT2D eigenvalue weighted by Crippen LogP contribution is 2.39. The predicted molar refractivity (Wildman–Crippen MR) is 243 cm³/mol. The summed E-state index contributed by atoms with van der Waals surface area (Å²) in [5, 5.41) is 22.4. The number of pyridine rings is 1. The van der Waals surface area contributed by atoms with Crippen LogP contribution in [0.1, 0.15) is 55.7 Å². The SMILES string of the molecule is Cc1cn(C2CCN(CCC(=O)N3CCN(Cc4cccc(N5C6CCC5CN(c5cc(-c7ccccc7O)nnc5N)C6)c4)CC3)CC2)c2ncc(N3CCC(=O)NC3=O)cc12. The molecule has 328 valence electrons. The summed E-state index contributed by atoms with van der Waals surface area (Å²) in [5.74, 6) is 0.570. The maximum Gasteiger partial charge on any atom is 0.328 e. The molecule has 16 heteroatoms. The summed E-state index contributed by atoms with van der Waals surface area (Å²) >= 11 is 0. The zero-order chi connectivity index (χ0) is 43.2. The van der Waals surface area contributed by atoms with Gasteiger partial charge >= 0.3 is 6.03 Å². The number of piperazine rings is 2. The Labute approximate surface area is 367 Å². The van der Waals surface area contributed by atoms with E-state index in [1.807, 2.05) is 29.2 Å². The zero-order valence-corrected chi connectivity index (χ0v) is 35.9. The third kappa shape index (κ3) is 8.24. The summed E-state index contributed by atoms with van der Waals surface area (Å²) in [6, 6.07) is 20.8. The molecule has 0 saturated carbocycles. The zero-order valence-electron chi connectivity index (χ0n) is 35.9. The van der Waals surface area contributed by atoms with Gasteiger partial charge in [-0.25, -0.2) is 9.78 Å². The number of rotatable bonds is 10. The van der Waals surface area contributed by atoms with E-state index in [4.69, 9.17) is 10.7 Å². The number of piperidine rings is 1. The molecule has 4 amide bonds. The van der Waals surface area contributed by atoms with Crippen LogP contribution in [0.25, 0.3) is 22.3 Å². The number of para-hydroxylation sites is 1. The van der Waals surface area contributed by atoms with E-state index < -0.39 is 6.03 Å². The van der Waals surface area contributed by atoms with Gasteiger partial charge in [0.05, 0.1) is 23.3 Å². The summed E-state index contributed by atoms with van der Waals surface area (Å²) in [6.07, 6.45) is 8.91. The van der Waals surface area contributed by atoms with Crippen LogP contribution in [0.2, 0.25) is 0 Å². The lowest BCUT2D eigenvalue weighted by Gasteiger charge is -2.43. The number of benzene rings is 2. The first kappa shape index (κ1) is 40.8. The number of urea groups is 1. The second kappa shape index (κ2) is 17.1. The van der Waals surface area contributed by atoms with E-state index in [0.29, 0.717) is 53.9 Å². The molecule has 63 heavy (non-hydrogen) atoms. The first-order chi connectivity index (χ1) is 30.6. The molecule has 4 N–H and O–H groups in total. The van der Waals surface area contributed by atoms with Crippen LogP contribution in [0.15, 0.2) is 73.1 Å². The van der Waals surface area contributed by atoms with Crippen LogP contribution in [0, 0.1) is 6.92 Å². The molecular weight excluding hydrogens is 797 g/mol. The number of imide groups is 1. The molecule has 5 aliphatic heterocycles. The average molecular weight is 853 g/mol. The maximum atomic E-state index is 13.4. The van der Waals surface area contributed by atoms with Crippen molar-refractivity contribution in [3.05, 3.63) is 84.2 Å². The lowest BCUT2D eigenvalue weighted by Crippen LogP contribution is -2.54. The van der Waals surface area contributed by atoms with Crippen molar-refractivity contribution in [3.8, 4) is 17.0 Å². The van der Waals surface area contributed by atoms with Gasteiger partial charge in [-0.2, -0.15) is 0 Å². The minimum Gasteiger partial charge on any atom is -0.507 e. The fraction of sp³-hybridized carbons (Fsp3) is 0.447. The van der Waals surface area contributed by atoms with Gasteiger partial charge < -0.3 is 35.0 Å². The number of carbonyl (C=O) groups is 3. The molecule has 8 heterocycles. The number of likely N-dealkylation sites (tertiary alicyclic amines) is 1. The number of nitrogens with two attached hydrogens (primary N) is 1. The normalized spacial score (nSPS) is 21.4. The van der Waals surface area contributed by atoms with E-state index in [-0.39, 0.29) is 24.0 Å². The van der Waals surface area contributed by atoms with E-state index in [2.05, 4.69) is 77.1 Å². The number of anilines is 4. The van der Waals surface area contributed by atoms with Crippen LogP contribution in [-0.4, -0.2) is 135 Å². The van der Waals surface area contributed by atoms with Crippen molar-refractivity contribution in [1.82, 2.24) is 39.8 Å². The topological polar surface area (TPSA) is 173 Å². The summed E-state index contributed by atoms with van der Waals surface area (Å²) in [6.45, 7) is 10.8. The lowest BCUT2D eigenvalue weighted by atomic mass is 10.0. The van der Waals surface area contributed by atoms with Crippen LogP contribution >= 0.6 is 0 Å². The third-order valence-electron chi connectivity index (χ3n) is 14.0. The first-order valence-electron chi connectivity index (χ1n) is 22.5. The lowest BCUT2D eigenvalue weighted by molar-refractivity contribution is -0.133. The number of aryl methyl sites for hydroxylation is 1. The molecule has 16 nitrogen and oxygen atoms in total. The van der Waals surface area contributed by atoms with Crippen molar-refractivity contribution in [2.45, 2.75) is 70.1 Å². The number of nitrogens with zero attached hydrogens (tertiary/aromatic N) is 10. The number of nitrogen functional groups attached to an aromatic ring is 1. The highest BCUT2D eigenvalue weighted by molar-refractivity contribution is 6.06. The van der Waals surface area contributed by atoms with Gasteiger partial charge in [0, 0.05) is 126 Å². The van der Waals surface area contributed by atoms with Crippen molar-refractivity contribution in [2.75, 3.05) is 85.9 Å². The second-order valence-corrected chi connectivity index (χ2v) is 17.9. The number of aromatic hydroxyl groups is 1. The van der Waals surface area contributed by atoms with E-state index in [1.54, 1.807) is 23.2 Å². The Morgan fingerprint density at radius 3 is 2.38 bits per heavy atom. The third-order valence-corrected chi connectivity index (χ3v) is 14.0. The largest absolute Gasteiger partial charge is 0.507 e. The van der Waals surface area contributed by atoms with E-state index in [0.717, 1.165) is 113 Å². The first-order valence-corrected chi connectivity index (χ1v) is 22.5. The quantitative estimate of drug-likeness (QED) is 0.176. The summed E-state index contributed by atoms with van der Waals surface area (Å²) in [5.41, 5.74) is 13.8. The number of aromatic nitrogens is 4. The van der Waals surface area contributed by atoms with Crippen molar-refractivity contribution in [1.29, 1.82) is 0 Å². The molecule has 0 aliphatic carbocycles. The molecule has 5 fully saturated rings. The van der Waals surface area contributed by atoms with Crippen LogP contribution in [0.5, 0.6) is 5.75 Å². The summed E-state index contributed by atoms with van der Waals surface area (Å²) in [4.78, 5) is 55.8. The smallest absolute Gasteiger partial charge is 0.328 e. The number of hydrogen-bond acceptors (Lipinski definition) is 12. The van der Waals surface area contributed by atoms with Crippen LogP contribution in [-0.2, 0) is 16.1 Å². The fourth-order valence-corrected chi connectivity index (χ4v) is 10.6. The van der Waals surface area contributed by atoms with Gasteiger partial charge in [0.1, 0.15) is 11.4 Å². The van der Waals surface area contributed by atoms with Crippen molar-refractivity contribution >= 4 is 51.8 Å². The summed E-state index contributed by atoms with van der Waals surface area (Å²) < 4.78 is 2.28. The molecule has 5 aliphatic rings. The molecule has 3 aromatic heterocycles. The monoisotopic (exact) mass is 852 g/mol. The Bertz CT molecular complexity index is 2520.